The van der Waals surface area contributed by atoms with Gasteiger partial charge in [-0.05, 0) is 47.4 Å². The molecule has 0 amide bonds. The van der Waals surface area contributed by atoms with Gasteiger partial charge >= 0.3 is 4.87 Å². The first-order valence-corrected chi connectivity index (χ1v) is 13.5. The SMILES string of the molecule is Cc1ccccc1[C@@H](NS(=O)(=O)c1ccc2c(c1)sc(=O)n2Cc1ccccc1)c1ccccc1. The molecule has 0 radical (unpaired) electrons. The van der Waals surface area contributed by atoms with E-state index in [2.05, 4.69) is 4.72 Å². The van der Waals surface area contributed by atoms with Crippen molar-refractivity contribution in [1.82, 2.24) is 9.29 Å². The number of thiazole rings is 1. The van der Waals surface area contributed by atoms with Crippen molar-refractivity contribution in [3.63, 3.8) is 0 Å². The molecule has 0 aliphatic heterocycles. The van der Waals surface area contributed by atoms with Crippen LogP contribution in [0.1, 0.15) is 28.3 Å². The van der Waals surface area contributed by atoms with E-state index in [0.717, 1.165) is 39.1 Å². The number of fused-ring (bicyclic) bond motifs is 1. The minimum Gasteiger partial charge on any atom is -0.294 e. The first-order chi connectivity index (χ1) is 16.9. The van der Waals surface area contributed by atoms with Gasteiger partial charge in [-0.25, -0.2) is 8.42 Å². The molecule has 0 saturated heterocycles. The highest BCUT2D eigenvalue weighted by Crippen LogP contribution is 2.28. The Morgan fingerprint density at radius 2 is 1.51 bits per heavy atom. The standard InChI is InChI=1S/C28H24N2O3S2/c1-20-10-8-9-15-24(20)27(22-13-6-3-7-14-22)29-35(32,33)23-16-17-25-26(18-23)34-28(31)30(25)19-21-11-4-2-5-12-21/h2-18,27,29H,19H2,1H3/t27-/m0/s1. The molecule has 176 valence electrons. The first-order valence-electron chi connectivity index (χ1n) is 11.2. The molecule has 0 bridgehead atoms. The molecule has 5 aromatic rings. The van der Waals surface area contributed by atoms with Crippen LogP contribution in [0.25, 0.3) is 10.2 Å². The van der Waals surface area contributed by atoms with E-state index in [-0.39, 0.29) is 9.77 Å². The average molecular weight is 501 g/mol. The molecular formula is C28H24N2O3S2. The zero-order valence-electron chi connectivity index (χ0n) is 19.1. The molecule has 1 aromatic heterocycles. The van der Waals surface area contributed by atoms with Gasteiger partial charge < -0.3 is 0 Å². The van der Waals surface area contributed by atoms with Crippen LogP contribution in [0.15, 0.2) is 113 Å². The van der Waals surface area contributed by atoms with Crippen molar-refractivity contribution >= 4 is 31.6 Å². The molecule has 0 aliphatic carbocycles. The van der Waals surface area contributed by atoms with Gasteiger partial charge in [-0.2, -0.15) is 4.72 Å². The van der Waals surface area contributed by atoms with Crippen molar-refractivity contribution in [2.24, 2.45) is 0 Å². The third-order valence-electron chi connectivity index (χ3n) is 6.04. The number of hydrogen-bond donors (Lipinski definition) is 1. The fourth-order valence-electron chi connectivity index (χ4n) is 4.22. The predicted molar refractivity (Wildman–Crippen MR) is 141 cm³/mol. The third kappa shape index (κ3) is 4.84. The highest BCUT2D eigenvalue weighted by atomic mass is 32.2. The molecule has 5 rings (SSSR count). The number of hydrogen-bond acceptors (Lipinski definition) is 4. The van der Waals surface area contributed by atoms with Gasteiger partial charge in [-0.1, -0.05) is 96.3 Å². The minimum atomic E-state index is -3.88. The van der Waals surface area contributed by atoms with Crippen molar-refractivity contribution in [2.45, 2.75) is 24.4 Å². The van der Waals surface area contributed by atoms with Crippen LogP contribution in [0, 0.1) is 6.92 Å². The second kappa shape index (κ2) is 9.62. The van der Waals surface area contributed by atoms with Crippen LogP contribution in [0.4, 0.5) is 0 Å². The van der Waals surface area contributed by atoms with Crippen molar-refractivity contribution < 1.29 is 8.42 Å². The van der Waals surface area contributed by atoms with Crippen molar-refractivity contribution in [1.29, 1.82) is 0 Å². The van der Waals surface area contributed by atoms with Crippen LogP contribution >= 0.6 is 11.3 Å². The Bertz CT molecular complexity index is 1640. The number of rotatable bonds is 7. The van der Waals surface area contributed by atoms with Gasteiger partial charge in [0.05, 0.1) is 27.7 Å². The smallest absolute Gasteiger partial charge is 0.294 e. The van der Waals surface area contributed by atoms with E-state index < -0.39 is 16.1 Å². The monoisotopic (exact) mass is 500 g/mol. The Labute approximate surface area is 208 Å². The number of aromatic nitrogens is 1. The first kappa shape index (κ1) is 23.2. The lowest BCUT2D eigenvalue weighted by Gasteiger charge is -2.21. The number of sulfonamides is 1. The van der Waals surface area contributed by atoms with Crippen LogP contribution < -0.4 is 9.60 Å². The minimum absolute atomic E-state index is 0.117. The van der Waals surface area contributed by atoms with E-state index in [9.17, 15) is 13.2 Å². The maximum absolute atomic E-state index is 13.5. The van der Waals surface area contributed by atoms with Gasteiger partial charge in [0.1, 0.15) is 0 Å². The Morgan fingerprint density at radius 1 is 0.857 bits per heavy atom. The second-order valence-electron chi connectivity index (χ2n) is 8.39. The summed E-state index contributed by atoms with van der Waals surface area (Å²) in [4.78, 5) is 12.7. The summed E-state index contributed by atoms with van der Waals surface area (Å²) >= 11 is 1.06. The lowest BCUT2D eigenvalue weighted by Crippen LogP contribution is -2.30. The van der Waals surface area contributed by atoms with Crippen LogP contribution in [0.5, 0.6) is 0 Å². The van der Waals surface area contributed by atoms with E-state index in [1.807, 2.05) is 91.9 Å². The van der Waals surface area contributed by atoms with Crippen molar-refractivity contribution in [3.05, 3.63) is 135 Å². The number of benzene rings is 4. The predicted octanol–water partition coefficient (Wildman–Crippen LogP) is 5.49. The molecule has 5 nitrogen and oxygen atoms in total. The van der Waals surface area contributed by atoms with Gasteiger partial charge in [-0.15, -0.1) is 0 Å². The highest BCUT2D eigenvalue weighted by molar-refractivity contribution is 7.89. The van der Waals surface area contributed by atoms with E-state index in [1.165, 1.54) is 0 Å². The third-order valence-corrected chi connectivity index (χ3v) is 8.40. The van der Waals surface area contributed by atoms with Gasteiger partial charge in [0, 0.05) is 0 Å². The number of aryl methyl sites for hydroxylation is 1. The maximum atomic E-state index is 13.5. The molecule has 0 fully saturated rings. The molecule has 4 aromatic carbocycles. The second-order valence-corrected chi connectivity index (χ2v) is 11.1. The molecular weight excluding hydrogens is 476 g/mol. The Hall–Kier alpha value is -3.52. The molecule has 0 unspecified atom stereocenters. The summed E-state index contributed by atoms with van der Waals surface area (Å²) in [6, 6.07) is 31.3. The summed E-state index contributed by atoms with van der Waals surface area (Å²) in [7, 11) is -3.88. The zero-order valence-corrected chi connectivity index (χ0v) is 20.7. The summed E-state index contributed by atoms with van der Waals surface area (Å²) in [6.07, 6.45) is 0. The molecule has 0 aliphatic rings. The largest absolute Gasteiger partial charge is 0.308 e. The normalized spacial score (nSPS) is 12.6. The van der Waals surface area contributed by atoms with Gasteiger partial charge in [0.15, 0.2) is 0 Å². The van der Waals surface area contributed by atoms with Gasteiger partial charge in [0.2, 0.25) is 10.0 Å². The van der Waals surface area contributed by atoms with E-state index in [4.69, 9.17) is 0 Å². The molecule has 1 N–H and O–H groups in total. The van der Waals surface area contributed by atoms with E-state index >= 15 is 0 Å². The lowest BCUT2D eigenvalue weighted by molar-refractivity contribution is 0.572. The molecule has 35 heavy (non-hydrogen) atoms. The Morgan fingerprint density at radius 3 is 2.23 bits per heavy atom. The van der Waals surface area contributed by atoms with Gasteiger partial charge in [-0.3, -0.25) is 9.36 Å². The molecule has 0 saturated carbocycles. The number of nitrogens with one attached hydrogen (secondary N) is 1. The topological polar surface area (TPSA) is 68.2 Å². The molecule has 7 heteroatoms. The summed E-state index contributed by atoms with van der Waals surface area (Å²) < 4.78 is 32.3. The zero-order chi connectivity index (χ0) is 24.4. The van der Waals surface area contributed by atoms with Crippen LogP contribution in [-0.2, 0) is 16.6 Å². The van der Waals surface area contributed by atoms with Crippen LogP contribution in [-0.4, -0.2) is 13.0 Å². The molecule has 1 atom stereocenters. The van der Waals surface area contributed by atoms with Crippen LogP contribution in [0.2, 0.25) is 0 Å². The number of nitrogens with zero attached hydrogens (tertiary/aromatic N) is 1. The average Bonchev–Trinajstić information content (AvgIpc) is 3.18. The summed E-state index contributed by atoms with van der Waals surface area (Å²) in [5.41, 5.74) is 4.47. The Kier molecular flexibility index (Phi) is 6.38. The maximum Gasteiger partial charge on any atom is 0.308 e. The molecule has 0 spiro atoms. The quantitative estimate of drug-likeness (QED) is 0.321. The fourth-order valence-corrected chi connectivity index (χ4v) is 6.45. The van der Waals surface area contributed by atoms with Gasteiger partial charge in [0.25, 0.3) is 0 Å². The van der Waals surface area contributed by atoms with Crippen molar-refractivity contribution in [2.75, 3.05) is 0 Å². The van der Waals surface area contributed by atoms with E-state index in [1.54, 1.807) is 22.8 Å². The van der Waals surface area contributed by atoms with Crippen molar-refractivity contribution in [3.8, 4) is 0 Å². The highest BCUT2D eigenvalue weighted by Gasteiger charge is 2.25. The Balaban J connectivity index is 1.52. The fraction of sp³-hybridized carbons (Fsp3) is 0.107. The van der Waals surface area contributed by atoms with Crippen LogP contribution in [0.3, 0.4) is 0 Å². The van der Waals surface area contributed by atoms with E-state index in [0.29, 0.717) is 11.2 Å². The molecule has 1 heterocycles. The summed E-state index contributed by atoms with van der Waals surface area (Å²) in [5.74, 6) is 0. The lowest BCUT2D eigenvalue weighted by atomic mass is 9.96. The summed E-state index contributed by atoms with van der Waals surface area (Å²) in [6.45, 7) is 2.41. The summed E-state index contributed by atoms with van der Waals surface area (Å²) in [5, 5.41) is 0.